The van der Waals surface area contributed by atoms with Crippen molar-refractivity contribution in [3.05, 3.63) is 34.3 Å². The predicted octanol–water partition coefficient (Wildman–Crippen LogP) is 6.44. The topological polar surface area (TPSA) is 9.23 Å². The van der Waals surface area contributed by atoms with Gasteiger partial charge in [-0.25, -0.2) is 0 Å². The van der Waals surface area contributed by atoms with Gasteiger partial charge in [-0.2, -0.15) is 13.2 Å². The van der Waals surface area contributed by atoms with E-state index in [0.717, 1.165) is 24.2 Å². The zero-order valence-corrected chi connectivity index (χ0v) is 14.6. The summed E-state index contributed by atoms with van der Waals surface area (Å²) in [6.45, 7) is 7.80. The number of hydrogen-bond acceptors (Lipinski definition) is 1. The van der Waals surface area contributed by atoms with Gasteiger partial charge in [0.15, 0.2) is 8.32 Å². The van der Waals surface area contributed by atoms with Gasteiger partial charge in [0.2, 0.25) is 0 Å². The Morgan fingerprint density at radius 1 is 1.14 bits per heavy atom. The minimum Gasteiger partial charge on any atom is -0.410 e. The summed E-state index contributed by atoms with van der Waals surface area (Å²) in [7, 11) is -1.99. The summed E-state index contributed by atoms with van der Waals surface area (Å²) in [4.78, 5) is 0. The van der Waals surface area contributed by atoms with Crippen LogP contribution in [0.5, 0.6) is 0 Å². The Morgan fingerprint density at radius 2 is 1.67 bits per heavy atom. The van der Waals surface area contributed by atoms with Crippen LogP contribution in [0, 0.1) is 0 Å². The fourth-order valence-corrected chi connectivity index (χ4v) is 5.83. The molecule has 0 aromatic heterocycles. The first-order chi connectivity index (χ1) is 9.70. The molecule has 1 rings (SSSR count). The number of halogens is 4. The lowest BCUT2D eigenvalue weighted by Crippen LogP contribution is -2.37. The molecule has 1 aromatic rings. The van der Waals surface area contributed by atoms with Crippen LogP contribution in [0.15, 0.2) is 18.2 Å². The van der Waals surface area contributed by atoms with Gasteiger partial charge in [0, 0.05) is 10.6 Å². The Hall–Kier alpha value is -0.523. The summed E-state index contributed by atoms with van der Waals surface area (Å²) in [6.07, 6.45) is -5.07. The van der Waals surface area contributed by atoms with Crippen LogP contribution < -0.4 is 0 Å². The first-order valence-electron chi connectivity index (χ1n) is 7.24. The van der Waals surface area contributed by atoms with Gasteiger partial charge in [-0.15, -0.1) is 0 Å². The minimum atomic E-state index is -4.42. The maximum absolute atomic E-state index is 13.2. The average molecular weight is 339 g/mol. The largest absolute Gasteiger partial charge is 0.416 e. The smallest absolute Gasteiger partial charge is 0.410 e. The molecule has 0 radical (unpaired) electrons. The molecular weight excluding hydrogens is 317 g/mol. The molecule has 0 aliphatic rings. The molecule has 1 nitrogen and oxygen atoms in total. The number of rotatable bonds is 6. The molecule has 0 bridgehead atoms. The van der Waals surface area contributed by atoms with Crippen LogP contribution in [0.2, 0.25) is 23.2 Å². The van der Waals surface area contributed by atoms with Crippen molar-refractivity contribution in [3.63, 3.8) is 0 Å². The van der Waals surface area contributed by atoms with E-state index in [1.807, 2.05) is 20.8 Å². The van der Waals surface area contributed by atoms with Gasteiger partial charge in [-0.1, -0.05) is 38.4 Å². The van der Waals surface area contributed by atoms with Crippen molar-refractivity contribution in [2.24, 2.45) is 0 Å². The second-order valence-corrected chi connectivity index (χ2v) is 10.3. The molecule has 120 valence electrons. The lowest BCUT2D eigenvalue weighted by atomic mass is 10.0. The van der Waals surface area contributed by atoms with E-state index in [2.05, 4.69) is 0 Å². The van der Waals surface area contributed by atoms with Gasteiger partial charge >= 0.3 is 6.18 Å². The molecule has 0 amide bonds. The first kappa shape index (κ1) is 18.5. The van der Waals surface area contributed by atoms with Crippen molar-refractivity contribution >= 4 is 19.9 Å². The van der Waals surface area contributed by atoms with E-state index in [4.69, 9.17) is 16.0 Å². The van der Waals surface area contributed by atoms with E-state index < -0.39 is 26.2 Å². The van der Waals surface area contributed by atoms with Crippen molar-refractivity contribution in [1.29, 1.82) is 0 Å². The molecule has 0 spiro atoms. The summed E-state index contributed by atoms with van der Waals surface area (Å²) in [5.41, 5.74) is -0.646. The molecule has 6 heteroatoms. The number of benzene rings is 1. The third-order valence-electron chi connectivity index (χ3n) is 4.12. The molecule has 0 aliphatic heterocycles. The van der Waals surface area contributed by atoms with E-state index in [1.165, 1.54) is 12.1 Å². The SMILES string of the molecule is CC[Si](CC)(CC)OC(C)c1c(Cl)cccc1C(F)(F)F. The molecule has 21 heavy (non-hydrogen) atoms. The molecule has 0 N–H and O–H groups in total. The molecule has 1 unspecified atom stereocenters. The average Bonchev–Trinajstić information content (AvgIpc) is 2.43. The van der Waals surface area contributed by atoms with Crippen molar-refractivity contribution in [2.75, 3.05) is 0 Å². The van der Waals surface area contributed by atoms with Crippen LogP contribution >= 0.6 is 11.6 Å². The third-order valence-corrected chi connectivity index (χ3v) is 9.17. The Labute approximate surface area is 130 Å². The van der Waals surface area contributed by atoms with E-state index in [0.29, 0.717) is 0 Å². The van der Waals surface area contributed by atoms with Gasteiger partial charge in [0.25, 0.3) is 0 Å². The first-order valence-corrected chi connectivity index (χ1v) is 10.1. The highest BCUT2D eigenvalue weighted by Gasteiger charge is 2.38. The number of alkyl halides is 3. The molecular formula is C15H22ClF3OSi. The maximum atomic E-state index is 13.2. The highest BCUT2D eigenvalue weighted by molar-refractivity contribution is 6.73. The normalized spacial score (nSPS) is 14.3. The molecule has 0 fully saturated rings. The molecule has 1 atom stereocenters. The predicted molar refractivity (Wildman–Crippen MR) is 83.2 cm³/mol. The van der Waals surface area contributed by atoms with Crippen molar-refractivity contribution in [2.45, 2.75) is 58.1 Å². The van der Waals surface area contributed by atoms with Gasteiger partial charge in [-0.3, -0.25) is 0 Å². The van der Waals surface area contributed by atoms with E-state index in [1.54, 1.807) is 6.92 Å². The van der Waals surface area contributed by atoms with Crippen LogP contribution in [-0.4, -0.2) is 8.32 Å². The summed E-state index contributed by atoms with van der Waals surface area (Å²) >= 11 is 6.02. The second kappa shape index (κ2) is 7.16. The fourth-order valence-electron chi connectivity index (χ4n) is 2.63. The van der Waals surface area contributed by atoms with Crippen LogP contribution in [0.4, 0.5) is 13.2 Å². The Morgan fingerprint density at radius 3 is 2.10 bits per heavy atom. The van der Waals surface area contributed by atoms with E-state index in [-0.39, 0.29) is 10.6 Å². The maximum Gasteiger partial charge on any atom is 0.416 e. The Balaban J connectivity index is 3.21. The molecule has 0 heterocycles. The van der Waals surface area contributed by atoms with Gasteiger partial charge in [-0.05, 0) is 37.2 Å². The summed E-state index contributed by atoms with van der Waals surface area (Å²) < 4.78 is 45.6. The van der Waals surface area contributed by atoms with Crippen molar-refractivity contribution in [1.82, 2.24) is 0 Å². The number of hydrogen-bond donors (Lipinski definition) is 0. The highest BCUT2D eigenvalue weighted by atomic mass is 35.5. The lowest BCUT2D eigenvalue weighted by Gasteiger charge is -2.33. The summed E-state index contributed by atoms with van der Waals surface area (Å²) in [5, 5.41) is 0.114. The molecule has 1 aromatic carbocycles. The third kappa shape index (κ3) is 4.24. The van der Waals surface area contributed by atoms with Gasteiger partial charge in [0.1, 0.15) is 0 Å². The minimum absolute atomic E-state index is 0.0545. The fraction of sp³-hybridized carbons (Fsp3) is 0.600. The van der Waals surface area contributed by atoms with Crippen LogP contribution in [0.3, 0.4) is 0 Å². The molecule has 0 saturated carbocycles. The van der Waals surface area contributed by atoms with Gasteiger partial charge in [0.05, 0.1) is 11.7 Å². The molecule has 0 saturated heterocycles. The quantitative estimate of drug-likeness (QED) is 0.542. The highest BCUT2D eigenvalue weighted by Crippen LogP contribution is 2.40. The van der Waals surface area contributed by atoms with E-state index >= 15 is 0 Å². The Kier molecular flexibility index (Phi) is 6.32. The lowest BCUT2D eigenvalue weighted by molar-refractivity contribution is -0.139. The van der Waals surface area contributed by atoms with Crippen LogP contribution in [-0.2, 0) is 10.6 Å². The van der Waals surface area contributed by atoms with Crippen molar-refractivity contribution in [3.8, 4) is 0 Å². The van der Waals surface area contributed by atoms with Crippen LogP contribution in [0.25, 0.3) is 0 Å². The monoisotopic (exact) mass is 338 g/mol. The van der Waals surface area contributed by atoms with E-state index in [9.17, 15) is 13.2 Å². The standard InChI is InChI=1S/C15H22ClF3OSi/c1-5-21(6-2,7-3)20-11(4)14-12(15(17,18)19)9-8-10-13(14)16/h8-11H,5-7H2,1-4H3. The van der Waals surface area contributed by atoms with Crippen molar-refractivity contribution < 1.29 is 17.6 Å². The summed E-state index contributed by atoms with van der Waals surface area (Å²) in [5.74, 6) is 0. The molecule has 0 aliphatic carbocycles. The summed E-state index contributed by atoms with van der Waals surface area (Å²) in [6, 6.07) is 6.53. The van der Waals surface area contributed by atoms with Gasteiger partial charge < -0.3 is 4.43 Å². The zero-order chi connectivity index (χ0) is 16.3. The zero-order valence-electron chi connectivity index (χ0n) is 12.9. The Bertz CT molecular complexity index is 464. The van der Waals surface area contributed by atoms with Crippen LogP contribution in [0.1, 0.15) is 44.9 Å². The second-order valence-electron chi connectivity index (χ2n) is 5.20.